The zero-order valence-corrected chi connectivity index (χ0v) is 20.0. The molecule has 1 saturated heterocycles. The summed E-state index contributed by atoms with van der Waals surface area (Å²) in [6.07, 6.45) is 5.88. The normalized spacial score (nSPS) is 15.4. The second kappa shape index (κ2) is 10.7. The highest BCUT2D eigenvalue weighted by Crippen LogP contribution is 2.18. The van der Waals surface area contributed by atoms with E-state index in [1.165, 1.54) is 11.8 Å². The lowest BCUT2D eigenvalue weighted by Gasteiger charge is -2.25. The molecular formula is C26H32N4O4. The fourth-order valence-electron chi connectivity index (χ4n) is 4.10. The molecule has 1 aromatic carbocycles. The van der Waals surface area contributed by atoms with Gasteiger partial charge < -0.3 is 23.9 Å². The number of ether oxygens (including phenoxy) is 1. The van der Waals surface area contributed by atoms with Crippen LogP contribution < -0.4 is 5.32 Å². The van der Waals surface area contributed by atoms with E-state index in [4.69, 9.17) is 9.15 Å². The Morgan fingerprint density at radius 2 is 2.09 bits per heavy atom. The molecular weight excluding hydrogens is 432 g/mol. The van der Waals surface area contributed by atoms with E-state index in [0.717, 1.165) is 36.4 Å². The molecule has 1 aliphatic heterocycles. The molecule has 3 heterocycles. The number of rotatable bonds is 9. The van der Waals surface area contributed by atoms with Gasteiger partial charge in [-0.25, -0.2) is 4.98 Å². The largest absolute Gasteiger partial charge is 0.446 e. The maximum Gasteiger partial charge on any atom is 0.277 e. The monoisotopic (exact) mass is 464 g/mol. The summed E-state index contributed by atoms with van der Waals surface area (Å²) >= 11 is 0. The van der Waals surface area contributed by atoms with Gasteiger partial charge in [0, 0.05) is 37.2 Å². The van der Waals surface area contributed by atoms with E-state index in [1.807, 2.05) is 66.8 Å². The lowest BCUT2D eigenvalue weighted by Crippen LogP contribution is -2.37. The molecule has 0 saturated carbocycles. The molecule has 2 aromatic heterocycles. The summed E-state index contributed by atoms with van der Waals surface area (Å²) in [5.74, 6) is 0.210. The predicted octanol–water partition coefficient (Wildman–Crippen LogP) is 4.31. The molecule has 0 radical (unpaired) electrons. The van der Waals surface area contributed by atoms with Gasteiger partial charge in [-0.1, -0.05) is 13.0 Å². The summed E-state index contributed by atoms with van der Waals surface area (Å²) in [4.78, 5) is 31.4. The average Bonchev–Trinajstić information content (AvgIpc) is 3.59. The van der Waals surface area contributed by atoms with Crippen LogP contribution in [-0.2, 0) is 22.6 Å². The van der Waals surface area contributed by atoms with Gasteiger partial charge in [-0.05, 0) is 62.1 Å². The van der Waals surface area contributed by atoms with Crippen molar-refractivity contribution in [1.82, 2.24) is 14.5 Å². The summed E-state index contributed by atoms with van der Waals surface area (Å²) in [7, 11) is 0. The summed E-state index contributed by atoms with van der Waals surface area (Å²) in [5, 5.41) is 2.86. The number of carbonyl (C=O) groups excluding carboxylic acids is 2. The third-order valence-electron chi connectivity index (χ3n) is 6.23. The number of benzene rings is 1. The Morgan fingerprint density at radius 3 is 2.82 bits per heavy atom. The Hall–Kier alpha value is -3.39. The highest BCUT2D eigenvalue weighted by atomic mass is 16.5. The third kappa shape index (κ3) is 5.75. The molecule has 8 nitrogen and oxygen atoms in total. The minimum atomic E-state index is -0.317. The lowest BCUT2D eigenvalue weighted by molar-refractivity contribution is -0.133. The maximum atomic E-state index is 12.6. The second-order valence-corrected chi connectivity index (χ2v) is 8.77. The Morgan fingerprint density at radius 1 is 1.24 bits per heavy atom. The van der Waals surface area contributed by atoms with Crippen LogP contribution in [0, 0.1) is 13.8 Å². The lowest BCUT2D eigenvalue weighted by atomic mass is 10.1. The number of hydrogen-bond donors (Lipinski definition) is 1. The van der Waals surface area contributed by atoms with Crippen molar-refractivity contribution in [2.75, 3.05) is 18.5 Å². The molecule has 8 heteroatoms. The van der Waals surface area contributed by atoms with Gasteiger partial charge in [0.2, 0.25) is 11.8 Å². The SMILES string of the molecule is CCC(=O)N(Cc1cccn1Cc1nc(C(=O)Nc2ccc(C)c(C)c2)co1)CC1CCCO1. The predicted molar refractivity (Wildman–Crippen MR) is 129 cm³/mol. The molecule has 1 unspecified atom stereocenters. The molecule has 1 aliphatic rings. The van der Waals surface area contributed by atoms with Crippen LogP contribution in [0.1, 0.15) is 59.4 Å². The van der Waals surface area contributed by atoms with Gasteiger partial charge in [0.05, 0.1) is 19.2 Å². The molecule has 2 amide bonds. The van der Waals surface area contributed by atoms with Gasteiger partial charge in [0.15, 0.2) is 5.69 Å². The van der Waals surface area contributed by atoms with Crippen molar-refractivity contribution in [2.24, 2.45) is 0 Å². The fraction of sp³-hybridized carbons (Fsp3) is 0.423. The fourth-order valence-corrected chi connectivity index (χ4v) is 4.10. The Bertz CT molecular complexity index is 1140. The molecule has 4 rings (SSSR count). The van der Waals surface area contributed by atoms with Crippen molar-refractivity contribution in [3.8, 4) is 0 Å². The van der Waals surface area contributed by atoms with E-state index in [9.17, 15) is 9.59 Å². The van der Waals surface area contributed by atoms with Crippen molar-refractivity contribution in [3.63, 3.8) is 0 Å². The molecule has 0 spiro atoms. The van der Waals surface area contributed by atoms with Crippen LogP contribution in [0.3, 0.4) is 0 Å². The van der Waals surface area contributed by atoms with Crippen LogP contribution in [0.2, 0.25) is 0 Å². The quantitative estimate of drug-likeness (QED) is 0.510. The van der Waals surface area contributed by atoms with Gasteiger partial charge in [0.1, 0.15) is 6.26 Å². The zero-order valence-electron chi connectivity index (χ0n) is 20.0. The van der Waals surface area contributed by atoms with Crippen LogP contribution in [0.15, 0.2) is 47.2 Å². The minimum absolute atomic E-state index is 0.101. The first-order chi connectivity index (χ1) is 16.4. The number of carbonyl (C=O) groups is 2. The molecule has 0 aliphatic carbocycles. The summed E-state index contributed by atoms with van der Waals surface area (Å²) in [6, 6.07) is 9.69. The minimum Gasteiger partial charge on any atom is -0.446 e. The first-order valence-electron chi connectivity index (χ1n) is 11.8. The van der Waals surface area contributed by atoms with Crippen molar-refractivity contribution < 1.29 is 18.7 Å². The van der Waals surface area contributed by atoms with Crippen LogP contribution >= 0.6 is 0 Å². The average molecular weight is 465 g/mol. The van der Waals surface area contributed by atoms with Crippen LogP contribution in [-0.4, -0.2) is 45.5 Å². The first-order valence-corrected chi connectivity index (χ1v) is 11.8. The first kappa shape index (κ1) is 23.8. The number of amides is 2. The van der Waals surface area contributed by atoms with Crippen molar-refractivity contribution in [1.29, 1.82) is 0 Å². The number of hydrogen-bond acceptors (Lipinski definition) is 5. The molecule has 1 atom stereocenters. The van der Waals surface area contributed by atoms with E-state index < -0.39 is 0 Å². The third-order valence-corrected chi connectivity index (χ3v) is 6.23. The number of aryl methyl sites for hydroxylation is 2. The second-order valence-electron chi connectivity index (χ2n) is 8.77. The van der Waals surface area contributed by atoms with E-state index in [1.54, 1.807) is 0 Å². The Labute approximate surface area is 199 Å². The van der Waals surface area contributed by atoms with E-state index in [-0.39, 0.29) is 23.6 Å². The maximum absolute atomic E-state index is 12.6. The zero-order chi connectivity index (χ0) is 24.1. The van der Waals surface area contributed by atoms with Crippen molar-refractivity contribution in [3.05, 3.63) is 71.2 Å². The number of nitrogens with one attached hydrogen (secondary N) is 1. The Kier molecular flexibility index (Phi) is 7.47. The van der Waals surface area contributed by atoms with E-state index in [0.29, 0.717) is 31.9 Å². The van der Waals surface area contributed by atoms with Crippen molar-refractivity contribution >= 4 is 17.5 Å². The van der Waals surface area contributed by atoms with Crippen LogP contribution in [0.25, 0.3) is 0 Å². The molecule has 180 valence electrons. The smallest absolute Gasteiger partial charge is 0.277 e. The standard InChI is InChI=1S/C26H32N4O4/c1-4-25(31)30(15-22-8-6-12-33-22)14-21-7-5-11-29(21)16-24-28-23(17-34-24)26(32)27-20-10-9-18(2)19(3)13-20/h5,7,9-11,13,17,22H,4,6,8,12,14-16H2,1-3H3,(H,27,32). The highest BCUT2D eigenvalue weighted by molar-refractivity contribution is 6.02. The van der Waals surface area contributed by atoms with Gasteiger partial charge >= 0.3 is 0 Å². The molecule has 3 aromatic rings. The van der Waals surface area contributed by atoms with Crippen molar-refractivity contribution in [2.45, 2.75) is 59.2 Å². The van der Waals surface area contributed by atoms with Crippen LogP contribution in [0.5, 0.6) is 0 Å². The van der Waals surface area contributed by atoms with Gasteiger partial charge in [-0.15, -0.1) is 0 Å². The number of aromatic nitrogens is 2. The highest BCUT2D eigenvalue weighted by Gasteiger charge is 2.23. The molecule has 0 bridgehead atoms. The number of anilines is 1. The molecule has 1 fully saturated rings. The molecule has 1 N–H and O–H groups in total. The summed E-state index contributed by atoms with van der Waals surface area (Å²) < 4.78 is 13.3. The number of nitrogens with zero attached hydrogens (tertiary/aromatic N) is 3. The van der Waals surface area contributed by atoms with E-state index in [2.05, 4.69) is 10.3 Å². The van der Waals surface area contributed by atoms with E-state index >= 15 is 0 Å². The topological polar surface area (TPSA) is 89.6 Å². The summed E-state index contributed by atoms with van der Waals surface area (Å²) in [5.41, 5.74) is 4.19. The molecule has 34 heavy (non-hydrogen) atoms. The van der Waals surface area contributed by atoms with Crippen LogP contribution in [0.4, 0.5) is 5.69 Å². The van der Waals surface area contributed by atoms with Gasteiger partial charge in [-0.2, -0.15) is 0 Å². The summed E-state index contributed by atoms with van der Waals surface area (Å²) in [6.45, 7) is 8.12. The van der Waals surface area contributed by atoms with Gasteiger partial charge in [-0.3, -0.25) is 9.59 Å². The number of oxazole rings is 1. The Balaban J connectivity index is 1.41. The van der Waals surface area contributed by atoms with Gasteiger partial charge in [0.25, 0.3) is 5.91 Å².